The topological polar surface area (TPSA) is 60.8 Å². The van der Waals surface area contributed by atoms with Gasteiger partial charge < -0.3 is 15.1 Å². The summed E-state index contributed by atoms with van der Waals surface area (Å²) in [6.07, 6.45) is 14.2. The molecule has 1 amide bonds. The van der Waals surface area contributed by atoms with E-state index in [1.165, 1.54) is 50.5 Å². The molecule has 5 aliphatic carbocycles. The van der Waals surface area contributed by atoms with E-state index in [-0.39, 0.29) is 28.3 Å². The maximum Gasteiger partial charge on any atom is 0.229 e. The highest BCUT2D eigenvalue weighted by molar-refractivity contribution is 5.84. The van der Waals surface area contributed by atoms with Gasteiger partial charge in [-0.2, -0.15) is 0 Å². The lowest BCUT2D eigenvalue weighted by molar-refractivity contribution is -0.253. The van der Waals surface area contributed by atoms with Crippen molar-refractivity contribution in [3.63, 3.8) is 0 Å². The Morgan fingerprint density at radius 3 is 2.23 bits per heavy atom. The molecule has 4 unspecified atom stereocenters. The Bertz CT molecular complexity index is 1000. The first-order valence-electron chi connectivity index (χ1n) is 16.6. The first-order valence-corrected chi connectivity index (χ1v) is 16.6. The number of nitrogens with zero attached hydrogens (tertiary/aromatic N) is 1. The van der Waals surface area contributed by atoms with E-state index in [1.54, 1.807) is 0 Å². The fourth-order valence-corrected chi connectivity index (χ4v) is 12.9. The molecule has 0 radical (unpaired) electrons. The number of amides is 1. The van der Waals surface area contributed by atoms with Gasteiger partial charge in [0.05, 0.1) is 18.1 Å². The second-order valence-electron chi connectivity index (χ2n) is 16.4. The Kier molecular flexibility index (Phi) is 6.75. The Morgan fingerprint density at radius 1 is 0.846 bits per heavy atom. The molecule has 6 rings (SSSR count). The van der Waals surface area contributed by atoms with Gasteiger partial charge in [0.1, 0.15) is 0 Å². The summed E-state index contributed by atoms with van der Waals surface area (Å²) < 4.78 is 0. The summed E-state index contributed by atoms with van der Waals surface area (Å²) in [7, 11) is 0. The van der Waals surface area contributed by atoms with Crippen molar-refractivity contribution in [2.45, 2.75) is 124 Å². The quantitative estimate of drug-likeness (QED) is 0.380. The molecule has 11 atom stereocenters. The molecule has 0 aromatic carbocycles. The van der Waals surface area contributed by atoms with E-state index < -0.39 is 11.5 Å². The molecule has 220 valence electrons. The van der Waals surface area contributed by atoms with Crippen LogP contribution in [0.1, 0.15) is 118 Å². The van der Waals surface area contributed by atoms with Crippen molar-refractivity contribution in [2.75, 3.05) is 19.7 Å². The molecule has 39 heavy (non-hydrogen) atoms. The van der Waals surface area contributed by atoms with Crippen molar-refractivity contribution >= 4 is 5.91 Å². The number of carbonyl (C=O) groups excluding carboxylic acids is 1. The molecule has 2 N–H and O–H groups in total. The third-order valence-electron chi connectivity index (χ3n) is 15.3. The van der Waals surface area contributed by atoms with Crippen LogP contribution in [0.25, 0.3) is 0 Å². The number of hydrogen-bond acceptors (Lipinski definition) is 3. The zero-order valence-corrected chi connectivity index (χ0v) is 25.7. The maximum absolute atomic E-state index is 14.5. The van der Waals surface area contributed by atoms with Crippen LogP contribution >= 0.6 is 0 Å². The Labute approximate surface area is 238 Å². The third-order valence-corrected chi connectivity index (χ3v) is 15.3. The van der Waals surface area contributed by atoms with Crippen LogP contribution in [0.4, 0.5) is 0 Å². The van der Waals surface area contributed by atoms with Gasteiger partial charge in [0.25, 0.3) is 0 Å². The summed E-state index contributed by atoms with van der Waals surface area (Å²) in [5, 5.41) is 21.6. The molecule has 4 nitrogen and oxygen atoms in total. The van der Waals surface area contributed by atoms with Gasteiger partial charge >= 0.3 is 0 Å². The summed E-state index contributed by atoms with van der Waals surface area (Å²) >= 11 is 0. The van der Waals surface area contributed by atoms with Crippen molar-refractivity contribution in [3.05, 3.63) is 12.2 Å². The number of likely N-dealkylation sites (tertiary alicyclic amines) is 1. The number of hydrogen-bond donors (Lipinski definition) is 2. The number of carbonyl (C=O) groups is 1. The van der Waals surface area contributed by atoms with Crippen LogP contribution in [0.5, 0.6) is 0 Å². The van der Waals surface area contributed by atoms with Gasteiger partial charge in [-0.1, -0.05) is 39.8 Å². The zero-order valence-electron chi connectivity index (χ0n) is 25.7. The number of fused-ring (bicyclic) bond motifs is 7. The number of rotatable bonds is 3. The predicted molar refractivity (Wildman–Crippen MR) is 157 cm³/mol. The lowest BCUT2D eigenvalue weighted by Crippen LogP contribution is -2.68. The van der Waals surface area contributed by atoms with Crippen molar-refractivity contribution in [1.29, 1.82) is 0 Å². The molecule has 1 heterocycles. The summed E-state index contributed by atoms with van der Waals surface area (Å²) in [6.45, 7) is 18.7. The molecule has 0 aromatic heterocycles. The van der Waals surface area contributed by atoms with E-state index in [4.69, 9.17) is 0 Å². The van der Waals surface area contributed by atoms with Gasteiger partial charge in [0.2, 0.25) is 5.91 Å². The number of piperidine rings is 1. The number of allylic oxidation sites excluding steroid dienone is 1. The monoisotopic (exact) mass is 539 g/mol. The average Bonchev–Trinajstić information content (AvgIpc) is 3.33. The summed E-state index contributed by atoms with van der Waals surface area (Å²) in [4.78, 5) is 16.8. The summed E-state index contributed by atoms with van der Waals surface area (Å²) in [5.41, 5.74) is 1.32. The van der Waals surface area contributed by atoms with Crippen LogP contribution in [0.3, 0.4) is 0 Å². The minimum absolute atomic E-state index is 0.0846. The number of aliphatic hydroxyl groups excluding tert-OH is 2. The highest BCUT2D eigenvalue weighted by Crippen LogP contribution is 2.77. The van der Waals surface area contributed by atoms with E-state index in [1.807, 2.05) is 0 Å². The Morgan fingerprint density at radius 2 is 1.56 bits per heavy atom. The van der Waals surface area contributed by atoms with Gasteiger partial charge in [-0.25, -0.2) is 0 Å². The maximum atomic E-state index is 14.5. The second kappa shape index (κ2) is 9.32. The first-order chi connectivity index (χ1) is 18.4. The van der Waals surface area contributed by atoms with Gasteiger partial charge in [0, 0.05) is 18.5 Å². The van der Waals surface area contributed by atoms with E-state index in [2.05, 4.69) is 46.1 Å². The van der Waals surface area contributed by atoms with Crippen LogP contribution in [-0.2, 0) is 4.79 Å². The molecule has 6 fully saturated rings. The van der Waals surface area contributed by atoms with Crippen LogP contribution in [0.15, 0.2) is 12.2 Å². The fourth-order valence-electron chi connectivity index (χ4n) is 12.9. The molecule has 0 aromatic rings. The van der Waals surface area contributed by atoms with Crippen molar-refractivity contribution in [1.82, 2.24) is 4.90 Å². The fraction of sp³-hybridized carbons (Fsp3) is 0.914. The van der Waals surface area contributed by atoms with Crippen LogP contribution in [0, 0.1) is 56.7 Å². The number of aliphatic hydroxyl groups is 2. The minimum atomic E-state index is -0.400. The minimum Gasteiger partial charge on any atom is -0.396 e. The molecular weight excluding hydrogens is 482 g/mol. The molecule has 0 bridgehead atoms. The second-order valence-corrected chi connectivity index (χ2v) is 16.4. The van der Waals surface area contributed by atoms with Gasteiger partial charge in [-0.3, -0.25) is 4.79 Å². The standard InChI is InChI=1S/C35H57NO3/c1-23(2)24-12-17-35(30(39)36-20-8-7-9-21-36)19-18-33(5)25(29(24)35)10-11-27-31(3)15-14-28(38)32(4,22-37)26(31)13-16-34(27,33)6/h24-29,37-38H,1,7-22H2,2-6H3/t24-,25?,26?,27?,28-,29?,31-,32-,33+,34+,35-/m0/s1. The molecule has 4 heteroatoms. The molecule has 0 spiro atoms. The normalized spacial score (nSPS) is 53.3. The van der Waals surface area contributed by atoms with E-state index in [9.17, 15) is 15.0 Å². The largest absolute Gasteiger partial charge is 0.396 e. The SMILES string of the molecule is C=C(C)[C@@H]1CC[C@]2(C(=O)N3CCCCC3)CC[C@]3(C)C(CCC4[C@@]5(C)CC[C@H](O)[C@@](C)(CO)C5CC[C@]43C)C12. The van der Waals surface area contributed by atoms with Crippen LogP contribution in [-0.4, -0.2) is 46.8 Å². The smallest absolute Gasteiger partial charge is 0.229 e. The highest BCUT2D eigenvalue weighted by atomic mass is 16.3. The van der Waals surface area contributed by atoms with E-state index in [0.29, 0.717) is 35.5 Å². The van der Waals surface area contributed by atoms with E-state index in [0.717, 1.165) is 51.6 Å². The Balaban J connectivity index is 1.38. The average molecular weight is 540 g/mol. The summed E-state index contributed by atoms with van der Waals surface area (Å²) in [5.74, 6) is 2.96. The zero-order chi connectivity index (χ0) is 28.0. The lowest BCUT2D eigenvalue weighted by Gasteiger charge is -2.73. The summed E-state index contributed by atoms with van der Waals surface area (Å²) in [6, 6.07) is 0. The molecule has 6 aliphatic rings. The molecule has 1 saturated heterocycles. The highest BCUT2D eigenvalue weighted by Gasteiger charge is 2.72. The molecular formula is C35H57NO3. The van der Waals surface area contributed by atoms with Crippen LogP contribution in [0.2, 0.25) is 0 Å². The molecule has 1 aliphatic heterocycles. The van der Waals surface area contributed by atoms with E-state index >= 15 is 0 Å². The van der Waals surface area contributed by atoms with Crippen molar-refractivity contribution in [2.24, 2.45) is 56.7 Å². The predicted octanol–water partition coefficient (Wildman–Crippen LogP) is 6.99. The first kappa shape index (κ1) is 28.3. The van der Waals surface area contributed by atoms with Gasteiger partial charge in [-0.05, 0) is 136 Å². The lowest BCUT2D eigenvalue weighted by atomic mass is 9.32. The van der Waals surface area contributed by atoms with Gasteiger partial charge in [-0.15, -0.1) is 0 Å². The molecule has 5 saturated carbocycles. The van der Waals surface area contributed by atoms with Crippen LogP contribution < -0.4 is 0 Å². The van der Waals surface area contributed by atoms with Gasteiger partial charge in [0.15, 0.2) is 0 Å². The third kappa shape index (κ3) is 3.58. The Hall–Kier alpha value is -0.870. The van der Waals surface area contributed by atoms with Crippen molar-refractivity contribution < 1.29 is 15.0 Å². The van der Waals surface area contributed by atoms with Crippen molar-refractivity contribution in [3.8, 4) is 0 Å².